The monoisotopic (exact) mass is 494 g/mol. The van der Waals surface area contributed by atoms with Crippen LogP contribution in [0.3, 0.4) is 0 Å². The first-order valence-electron chi connectivity index (χ1n) is 9.64. The molecule has 1 fully saturated rings. The average Bonchev–Trinajstić information content (AvgIpc) is 3.32. The van der Waals surface area contributed by atoms with Crippen LogP contribution in [0.1, 0.15) is 15.6 Å². The molecule has 2 aromatic heterocycles. The van der Waals surface area contributed by atoms with Crippen LogP contribution in [-0.2, 0) is 27.9 Å². The van der Waals surface area contributed by atoms with Gasteiger partial charge < -0.3 is 9.80 Å². The van der Waals surface area contributed by atoms with Gasteiger partial charge in [0, 0.05) is 36.1 Å². The first-order valence-corrected chi connectivity index (χ1v) is 13.1. The van der Waals surface area contributed by atoms with Gasteiger partial charge >= 0.3 is 0 Å². The molecule has 0 unspecified atom stereocenters. The van der Waals surface area contributed by atoms with E-state index in [2.05, 4.69) is 9.88 Å². The Bertz CT molecular complexity index is 1310. The number of carbonyl (C=O) groups excluding carboxylic acids is 1. The van der Waals surface area contributed by atoms with Crippen molar-refractivity contribution in [1.82, 2.24) is 19.1 Å². The summed E-state index contributed by atoms with van der Waals surface area (Å²) in [6.45, 7) is 1.60. The summed E-state index contributed by atoms with van der Waals surface area (Å²) in [7, 11) is -1.75. The van der Waals surface area contributed by atoms with E-state index in [0.29, 0.717) is 18.1 Å². The molecule has 3 aromatic rings. The number of rotatable bonds is 4. The Labute approximate surface area is 193 Å². The molecule has 1 amide bonds. The van der Waals surface area contributed by atoms with Gasteiger partial charge in [-0.05, 0) is 29.7 Å². The Morgan fingerprint density at radius 3 is 2.81 bits per heavy atom. The highest BCUT2D eigenvalue weighted by Crippen LogP contribution is 2.33. The van der Waals surface area contributed by atoms with Crippen molar-refractivity contribution >= 4 is 66.4 Å². The second kappa shape index (κ2) is 7.86. The third-order valence-electron chi connectivity index (χ3n) is 5.31. The van der Waals surface area contributed by atoms with Crippen molar-refractivity contribution in [2.75, 3.05) is 26.7 Å². The number of hydrogen-bond donors (Lipinski definition) is 0. The molecule has 162 valence electrons. The molecule has 2 aliphatic heterocycles. The number of thiazole rings is 1. The van der Waals surface area contributed by atoms with Crippen LogP contribution < -0.4 is 0 Å². The molecule has 1 saturated heterocycles. The molecule has 31 heavy (non-hydrogen) atoms. The predicted octanol–water partition coefficient (Wildman–Crippen LogP) is 3.46. The molecule has 0 spiro atoms. The second-order valence-corrected chi connectivity index (χ2v) is 12.4. The van der Waals surface area contributed by atoms with Crippen LogP contribution in [0.4, 0.5) is 0 Å². The number of fused-ring (bicyclic) bond motifs is 2. The van der Waals surface area contributed by atoms with Crippen LogP contribution in [0, 0.1) is 0 Å². The fourth-order valence-corrected chi connectivity index (χ4v) is 7.86. The molecule has 0 radical (unpaired) electrons. The van der Waals surface area contributed by atoms with Gasteiger partial charge in [-0.3, -0.25) is 4.79 Å². The molecule has 2 aliphatic rings. The number of hydrogen-bond acceptors (Lipinski definition) is 7. The largest absolute Gasteiger partial charge is 0.374 e. The lowest BCUT2D eigenvalue weighted by atomic mass is 10.3. The minimum Gasteiger partial charge on any atom is -0.374 e. The van der Waals surface area contributed by atoms with Gasteiger partial charge in [-0.25, -0.2) is 13.4 Å². The number of thiophene rings is 1. The SMILES string of the molecule is CN1C=Cc2sc(CN3CCN(S(=O)(=O)c4cc5ccc(Cl)cc5s4)CC3=O)nc2C1. The maximum Gasteiger partial charge on any atom is 0.253 e. The maximum atomic E-state index is 13.1. The smallest absolute Gasteiger partial charge is 0.253 e. The van der Waals surface area contributed by atoms with Crippen molar-refractivity contribution in [2.45, 2.75) is 17.3 Å². The Kier molecular flexibility index (Phi) is 5.30. The van der Waals surface area contributed by atoms with E-state index in [1.165, 1.54) is 15.6 Å². The minimum atomic E-state index is -3.74. The van der Waals surface area contributed by atoms with Gasteiger partial charge in [-0.15, -0.1) is 22.7 Å². The fraction of sp³-hybridized carbons (Fsp3) is 0.300. The molecule has 11 heteroatoms. The van der Waals surface area contributed by atoms with Gasteiger partial charge in [0.05, 0.1) is 30.2 Å². The van der Waals surface area contributed by atoms with E-state index in [-0.39, 0.29) is 23.2 Å². The summed E-state index contributed by atoms with van der Waals surface area (Å²) >= 11 is 8.77. The van der Waals surface area contributed by atoms with E-state index < -0.39 is 10.0 Å². The van der Waals surface area contributed by atoms with Gasteiger partial charge in [0.25, 0.3) is 10.0 Å². The normalized spacial score (nSPS) is 17.5. The number of amides is 1. The molecule has 7 nitrogen and oxygen atoms in total. The van der Waals surface area contributed by atoms with Crippen molar-refractivity contribution < 1.29 is 13.2 Å². The highest BCUT2D eigenvalue weighted by Gasteiger charge is 2.34. The third-order valence-corrected chi connectivity index (χ3v) is 9.99. The molecular formula is C20H19ClN4O3S3. The molecular weight excluding hydrogens is 476 g/mol. The van der Waals surface area contributed by atoms with E-state index >= 15 is 0 Å². The van der Waals surface area contributed by atoms with Crippen molar-refractivity contribution in [3.63, 3.8) is 0 Å². The number of piperazine rings is 1. The maximum absolute atomic E-state index is 13.1. The Hall–Kier alpha value is -1.98. The van der Waals surface area contributed by atoms with Gasteiger partial charge in [-0.2, -0.15) is 4.31 Å². The molecule has 0 atom stereocenters. The summed E-state index contributed by atoms with van der Waals surface area (Å²) in [4.78, 5) is 22.3. The molecule has 5 rings (SSSR count). The first kappa shape index (κ1) is 20.9. The zero-order valence-electron chi connectivity index (χ0n) is 16.6. The molecule has 0 aliphatic carbocycles. The lowest BCUT2D eigenvalue weighted by Gasteiger charge is -2.32. The fourth-order valence-electron chi connectivity index (χ4n) is 3.67. The number of nitrogens with zero attached hydrogens (tertiary/aromatic N) is 4. The van der Waals surface area contributed by atoms with Crippen molar-refractivity contribution in [3.8, 4) is 0 Å². The van der Waals surface area contributed by atoms with E-state index in [4.69, 9.17) is 11.6 Å². The summed E-state index contributed by atoms with van der Waals surface area (Å²) < 4.78 is 28.6. The second-order valence-electron chi connectivity index (χ2n) is 7.55. The zero-order valence-corrected chi connectivity index (χ0v) is 19.8. The number of halogens is 1. The van der Waals surface area contributed by atoms with Crippen LogP contribution in [0.2, 0.25) is 5.02 Å². The van der Waals surface area contributed by atoms with Crippen molar-refractivity contribution in [1.29, 1.82) is 0 Å². The Morgan fingerprint density at radius 2 is 2.00 bits per heavy atom. The quantitative estimate of drug-likeness (QED) is 0.555. The number of aromatic nitrogens is 1. The Balaban J connectivity index is 1.30. The standard InChI is InChI=1S/C20H19ClN4O3S3/c1-23-5-4-16-15(10-23)22-18(29-16)11-24-6-7-25(12-19(24)26)31(27,28)20-8-13-2-3-14(21)9-17(13)30-20/h2-5,8-9H,6-7,10-12H2,1H3. The zero-order chi connectivity index (χ0) is 21.8. The summed E-state index contributed by atoms with van der Waals surface area (Å²) in [5, 5.41) is 2.26. The van der Waals surface area contributed by atoms with Crippen LogP contribution in [0.25, 0.3) is 16.2 Å². The van der Waals surface area contributed by atoms with Crippen LogP contribution in [0.15, 0.2) is 34.7 Å². The summed E-state index contributed by atoms with van der Waals surface area (Å²) in [6, 6.07) is 6.94. The molecule has 0 N–H and O–H groups in total. The predicted molar refractivity (Wildman–Crippen MR) is 124 cm³/mol. The summed E-state index contributed by atoms with van der Waals surface area (Å²) in [5.74, 6) is -0.209. The highest BCUT2D eigenvalue weighted by molar-refractivity contribution is 7.91. The van der Waals surface area contributed by atoms with E-state index in [0.717, 1.165) is 32.2 Å². The number of carbonyl (C=O) groups is 1. The van der Waals surface area contributed by atoms with Gasteiger partial charge in [0.1, 0.15) is 9.22 Å². The van der Waals surface area contributed by atoms with E-state index in [1.807, 2.05) is 19.3 Å². The average molecular weight is 495 g/mol. The Morgan fingerprint density at radius 1 is 1.16 bits per heavy atom. The molecule has 0 bridgehead atoms. The molecule has 1 aromatic carbocycles. The summed E-state index contributed by atoms with van der Waals surface area (Å²) in [5.41, 5.74) is 1.02. The highest BCUT2D eigenvalue weighted by atomic mass is 35.5. The number of benzene rings is 1. The minimum absolute atomic E-state index is 0.162. The van der Waals surface area contributed by atoms with Gasteiger partial charge in [-0.1, -0.05) is 17.7 Å². The van der Waals surface area contributed by atoms with E-state index in [9.17, 15) is 13.2 Å². The molecule has 0 saturated carbocycles. The topological polar surface area (TPSA) is 73.8 Å². The first-order chi connectivity index (χ1) is 14.8. The van der Waals surface area contributed by atoms with Crippen molar-refractivity contribution in [3.05, 3.63) is 51.1 Å². The van der Waals surface area contributed by atoms with Crippen LogP contribution >= 0.6 is 34.3 Å². The summed E-state index contributed by atoms with van der Waals surface area (Å²) in [6.07, 6.45) is 4.05. The number of sulfonamides is 1. The van der Waals surface area contributed by atoms with Crippen molar-refractivity contribution in [2.24, 2.45) is 0 Å². The van der Waals surface area contributed by atoms with E-state index in [1.54, 1.807) is 40.5 Å². The lowest BCUT2D eigenvalue weighted by molar-refractivity contribution is -0.134. The lowest BCUT2D eigenvalue weighted by Crippen LogP contribution is -2.51. The third kappa shape index (κ3) is 3.98. The van der Waals surface area contributed by atoms with Gasteiger partial charge in [0.15, 0.2) is 0 Å². The molecule has 4 heterocycles. The van der Waals surface area contributed by atoms with Crippen LogP contribution in [0.5, 0.6) is 0 Å². The van der Waals surface area contributed by atoms with Crippen LogP contribution in [-0.4, -0.2) is 60.1 Å². The van der Waals surface area contributed by atoms with Gasteiger partial charge in [0.2, 0.25) is 5.91 Å².